The van der Waals surface area contributed by atoms with Crippen molar-refractivity contribution in [2.75, 3.05) is 11.5 Å². The van der Waals surface area contributed by atoms with Gasteiger partial charge in [0.15, 0.2) is 0 Å². The summed E-state index contributed by atoms with van der Waals surface area (Å²) in [7, 11) is 0. The third kappa shape index (κ3) is 1.64. The second-order valence-electron chi connectivity index (χ2n) is 5.50. The molecule has 22 heavy (non-hydrogen) atoms. The lowest BCUT2D eigenvalue weighted by molar-refractivity contribution is 0.827. The molecule has 110 valence electrons. The molecular formula is C18H18N4. The van der Waals surface area contributed by atoms with Gasteiger partial charge >= 0.3 is 0 Å². The fourth-order valence-corrected chi connectivity index (χ4v) is 3.29. The number of anilines is 2. The zero-order valence-corrected chi connectivity index (χ0v) is 12.5. The molecular weight excluding hydrogens is 272 g/mol. The van der Waals surface area contributed by atoms with Crippen LogP contribution in [0.3, 0.4) is 0 Å². The molecule has 2 heterocycles. The minimum atomic E-state index is 0.758. The lowest BCUT2D eigenvalue weighted by atomic mass is 10.1. The van der Waals surface area contributed by atoms with Crippen LogP contribution in [0.1, 0.15) is 6.92 Å². The molecule has 0 saturated heterocycles. The van der Waals surface area contributed by atoms with Crippen molar-refractivity contribution in [1.82, 2.24) is 9.13 Å². The zero-order valence-electron chi connectivity index (χ0n) is 12.5. The van der Waals surface area contributed by atoms with Crippen LogP contribution in [0.5, 0.6) is 0 Å². The predicted octanol–water partition coefficient (Wildman–Crippen LogP) is 3.77. The Morgan fingerprint density at radius 3 is 2.41 bits per heavy atom. The topological polar surface area (TPSA) is 61.9 Å². The number of nitrogens with zero attached hydrogens (tertiary/aromatic N) is 2. The number of nitrogens with two attached hydrogens (primary N) is 2. The number of benzene rings is 2. The summed E-state index contributed by atoms with van der Waals surface area (Å²) in [5, 5.41) is 2.19. The fraction of sp³-hybridized carbons (Fsp3) is 0.111. The van der Waals surface area contributed by atoms with E-state index in [0.29, 0.717) is 0 Å². The molecule has 0 saturated carbocycles. The van der Waals surface area contributed by atoms with Gasteiger partial charge in [0, 0.05) is 40.9 Å². The first-order valence-corrected chi connectivity index (χ1v) is 7.44. The van der Waals surface area contributed by atoms with Crippen LogP contribution < -0.4 is 11.5 Å². The van der Waals surface area contributed by atoms with Crippen LogP contribution in [-0.2, 0) is 6.54 Å². The monoisotopic (exact) mass is 290 g/mol. The largest absolute Gasteiger partial charge is 0.399 e. The highest BCUT2D eigenvalue weighted by Crippen LogP contribution is 2.37. The Balaban J connectivity index is 2.17. The highest BCUT2D eigenvalue weighted by Gasteiger charge is 2.15. The van der Waals surface area contributed by atoms with E-state index in [9.17, 15) is 0 Å². The molecule has 2 aromatic carbocycles. The van der Waals surface area contributed by atoms with Crippen LogP contribution in [0.25, 0.3) is 27.5 Å². The van der Waals surface area contributed by atoms with Crippen LogP contribution in [0.15, 0.2) is 54.9 Å². The summed E-state index contributed by atoms with van der Waals surface area (Å²) in [5.74, 6) is 0. The smallest absolute Gasteiger partial charge is 0.0688 e. The number of hydrogen-bond donors (Lipinski definition) is 2. The van der Waals surface area contributed by atoms with Crippen molar-refractivity contribution >= 4 is 33.2 Å². The number of hydrogen-bond acceptors (Lipinski definition) is 2. The SMILES string of the molecule is CCn1c2ccc(N)cc2c2c(N)c(-n3cccc3)ccc21. The zero-order chi connectivity index (χ0) is 15.3. The molecule has 0 fully saturated rings. The second-order valence-corrected chi connectivity index (χ2v) is 5.50. The number of fused-ring (bicyclic) bond motifs is 3. The van der Waals surface area contributed by atoms with E-state index in [-0.39, 0.29) is 0 Å². The Kier molecular flexibility index (Phi) is 2.66. The van der Waals surface area contributed by atoms with Crippen LogP contribution in [-0.4, -0.2) is 9.13 Å². The summed E-state index contributed by atoms with van der Waals surface area (Å²) in [4.78, 5) is 0. The van der Waals surface area contributed by atoms with Crippen molar-refractivity contribution in [2.45, 2.75) is 13.5 Å². The van der Waals surface area contributed by atoms with E-state index in [1.807, 2.05) is 41.2 Å². The first-order valence-electron chi connectivity index (χ1n) is 7.44. The summed E-state index contributed by atoms with van der Waals surface area (Å²) in [6.45, 7) is 3.04. The normalized spacial score (nSPS) is 11.5. The maximum atomic E-state index is 6.52. The van der Waals surface area contributed by atoms with Gasteiger partial charge in [-0.15, -0.1) is 0 Å². The van der Waals surface area contributed by atoms with Crippen molar-refractivity contribution in [3.63, 3.8) is 0 Å². The van der Waals surface area contributed by atoms with Gasteiger partial charge < -0.3 is 20.6 Å². The lowest BCUT2D eigenvalue weighted by Gasteiger charge is -2.09. The summed E-state index contributed by atoms with van der Waals surface area (Å²) < 4.78 is 4.32. The Morgan fingerprint density at radius 2 is 1.68 bits per heavy atom. The standard InChI is InChI=1S/C18H18N4/c1-2-22-14-6-5-12(19)11-13(14)17-15(22)7-8-16(18(17)20)21-9-3-4-10-21/h3-11H,2,19-20H2,1H3. The second kappa shape index (κ2) is 4.56. The Hall–Kier alpha value is -2.88. The van der Waals surface area contributed by atoms with E-state index in [1.165, 1.54) is 5.52 Å². The van der Waals surface area contributed by atoms with Crippen molar-refractivity contribution in [3.05, 3.63) is 54.9 Å². The maximum Gasteiger partial charge on any atom is 0.0688 e. The van der Waals surface area contributed by atoms with Crippen molar-refractivity contribution in [1.29, 1.82) is 0 Å². The number of nitrogen functional groups attached to an aromatic ring is 2. The van der Waals surface area contributed by atoms with E-state index < -0.39 is 0 Å². The van der Waals surface area contributed by atoms with Gasteiger partial charge in [0.1, 0.15) is 0 Å². The number of aromatic nitrogens is 2. The highest BCUT2D eigenvalue weighted by molar-refractivity contribution is 6.15. The predicted molar refractivity (Wildman–Crippen MR) is 93.3 cm³/mol. The van der Waals surface area contributed by atoms with Crippen LogP contribution in [0, 0.1) is 0 Å². The molecule has 2 aromatic heterocycles. The summed E-state index contributed by atoms with van der Waals surface area (Å²) >= 11 is 0. The van der Waals surface area contributed by atoms with Gasteiger partial charge in [-0.25, -0.2) is 0 Å². The minimum absolute atomic E-state index is 0.758. The van der Waals surface area contributed by atoms with Crippen molar-refractivity contribution in [3.8, 4) is 5.69 Å². The van der Waals surface area contributed by atoms with Gasteiger partial charge in [-0.3, -0.25) is 0 Å². The van der Waals surface area contributed by atoms with Crippen molar-refractivity contribution < 1.29 is 0 Å². The quantitative estimate of drug-likeness (QED) is 0.552. The molecule has 0 aliphatic heterocycles. The van der Waals surface area contributed by atoms with Gasteiger partial charge in [0.2, 0.25) is 0 Å². The molecule has 0 aliphatic carbocycles. The molecule has 4 nitrogen and oxygen atoms in total. The Morgan fingerprint density at radius 1 is 0.955 bits per heavy atom. The molecule has 0 amide bonds. The van der Waals surface area contributed by atoms with E-state index in [1.54, 1.807) is 0 Å². The van der Waals surface area contributed by atoms with Gasteiger partial charge in [0.05, 0.1) is 16.9 Å². The maximum absolute atomic E-state index is 6.52. The first kappa shape index (κ1) is 12.8. The fourth-order valence-electron chi connectivity index (χ4n) is 3.29. The number of aryl methyl sites for hydroxylation is 1. The average Bonchev–Trinajstić information content (AvgIpc) is 3.13. The van der Waals surface area contributed by atoms with Crippen LogP contribution >= 0.6 is 0 Å². The summed E-state index contributed by atoms with van der Waals surface area (Å²) in [5.41, 5.74) is 17.4. The lowest BCUT2D eigenvalue weighted by Crippen LogP contribution is -1.99. The van der Waals surface area contributed by atoms with E-state index in [4.69, 9.17) is 11.5 Å². The molecule has 0 aliphatic rings. The molecule has 4 N–H and O–H groups in total. The highest BCUT2D eigenvalue weighted by atomic mass is 15.0. The molecule has 0 spiro atoms. The van der Waals surface area contributed by atoms with Gasteiger partial charge in [0.25, 0.3) is 0 Å². The molecule has 0 bridgehead atoms. The average molecular weight is 290 g/mol. The number of rotatable bonds is 2. The molecule has 4 aromatic rings. The summed E-state index contributed by atoms with van der Waals surface area (Å²) in [6.07, 6.45) is 4.01. The van der Waals surface area contributed by atoms with E-state index >= 15 is 0 Å². The Bertz CT molecular complexity index is 978. The molecule has 0 atom stereocenters. The van der Waals surface area contributed by atoms with E-state index in [2.05, 4.69) is 29.7 Å². The summed E-state index contributed by atoms with van der Waals surface area (Å²) in [6, 6.07) is 14.2. The van der Waals surface area contributed by atoms with Gasteiger partial charge in [-0.2, -0.15) is 0 Å². The van der Waals surface area contributed by atoms with Crippen LogP contribution in [0.2, 0.25) is 0 Å². The van der Waals surface area contributed by atoms with E-state index in [0.717, 1.165) is 39.9 Å². The van der Waals surface area contributed by atoms with Gasteiger partial charge in [-0.05, 0) is 49.4 Å². The first-order chi connectivity index (χ1) is 10.7. The van der Waals surface area contributed by atoms with Crippen LogP contribution in [0.4, 0.5) is 11.4 Å². The molecule has 0 radical (unpaired) electrons. The third-order valence-electron chi connectivity index (χ3n) is 4.27. The Labute approximate surface area is 128 Å². The molecule has 0 unspecified atom stereocenters. The third-order valence-corrected chi connectivity index (χ3v) is 4.27. The van der Waals surface area contributed by atoms with Crippen molar-refractivity contribution in [2.24, 2.45) is 0 Å². The van der Waals surface area contributed by atoms with Gasteiger partial charge in [-0.1, -0.05) is 0 Å². The molecule has 4 heteroatoms. The molecule has 4 rings (SSSR count). The minimum Gasteiger partial charge on any atom is -0.399 e.